The zero-order valence-corrected chi connectivity index (χ0v) is 10.5. The van der Waals surface area contributed by atoms with Gasteiger partial charge in [-0.25, -0.2) is 4.39 Å². The lowest BCUT2D eigenvalue weighted by atomic mass is 10.2. The second kappa shape index (κ2) is 4.70. The Morgan fingerprint density at radius 3 is 2.75 bits per heavy atom. The second-order valence-electron chi connectivity index (χ2n) is 4.46. The summed E-state index contributed by atoms with van der Waals surface area (Å²) < 4.78 is 13.2. The Labute approximate surface area is 114 Å². The highest BCUT2D eigenvalue weighted by atomic mass is 19.1. The van der Waals surface area contributed by atoms with Crippen LogP contribution in [0.1, 0.15) is 10.5 Å². The van der Waals surface area contributed by atoms with Crippen LogP contribution in [0.4, 0.5) is 15.8 Å². The van der Waals surface area contributed by atoms with Crippen LogP contribution in [-0.4, -0.2) is 10.9 Å². The molecule has 0 bridgehead atoms. The molecule has 0 aliphatic heterocycles. The quantitative estimate of drug-likeness (QED) is 0.625. The Hall–Kier alpha value is -2.82. The van der Waals surface area contributed by atoms with Gasteiger partial charge in [-0.2, -0.15) is 0 Å². The van der Waals surface area contributed by atoms with E-state index in [1.165, 1.54) is 18.2 Å². The molecule has 0 aliphatic carbocycles. The van der Waals surface area contributed by atoms with Crippen molar-refractivity contribution < 1.29 is 9.18 Å². The van der Waals surface area contributed by atoms with E-state index < -0.39 is 5.82 Å². The molecule has 100 valence electrons. The van der Waals surface area contributed by atoms with Gasteiger partial charge in [-0.1, -0.05) is 18.2 Å². The van der Waals surface area contributed by atoms with E-state index in [4.69, 9.17) is 5.73 Å². The van der Waals surface area contributed by atoms with Gasteiger partial charge in [0.2, 0.25) is 0 Å². The van der Waals surface area contributed by atoms with Crippen LogP contribution in [-0.2, 0) is 0 Å². The van der Waals surface area contributed by atoms with Crippen LogP contribution in [0.3, 0.4) is 0 Å². The van der Waals surface area contributed by atoms with E-state index in [-0.39, 0.29) is 11.6 Å². The maximum atomic E-state index is 13.2. The van der Waals surface area contributed by atoms with E-state index in [0.717, 1.165) is 10.9 Å². The topological polar surface area (TPSA) is 70.9 Å². The SMILES string of the molecule is Nc1ccc(F)cc1NC(=O)c1cc2ccccc2[nH]1. The second-order valence-corrected chi connectivity index (χ2v) is 4.46. The van der Waals surface area contributed by atoms with Crippen molar-refractivity contribution >= 4 is 28.2 Å². The van der Waals surface area contributed by atoms with Crippen LogP contribution >= 0.6 is 0 Å². The lowest BCUT2D eigenvalue weighted by molar-refractivity contribution is 0.102. The number of nitrogen functional groups attached to an aromatic ring is 1. The molecule has 20 heavy (non-hydrogen) atoms. The van der Waals surface area contributed by atoms with Crippen LogP contribution in [0.25, 0.3) is 10.9 Å². The molecule has 1 amide bonds. The zero-order valence-electron chi connectivity index (χ0n) is 10.5. The Bertz CT molecular complexity index is 762. The number of fused-ring (bicyclic) bond motifs is 1. The maximum Gasteiger partial charge on any atom is 0.272 e. The van der Waals surface area contributed by atoms with Gasteiger partial charge in [0.25, 0.3) is 5.91 Å². The van der Waals surface area contributed by atoms with Gasteiger partial charge in [0.15, 0.2) is 0 Å². The third-order valence-electron chi connectivity index (χ3n) is 3.04. The molecule has 0 radical (unpaired) electrons. The minimum atomic E-state index is -0.453. The minimum Gasteiger partial charge on any atom is -0.397 e. The van der Waals surface area contributed by atoms with Crippen LogP contribution in [0.5, 0.6) is 0 Å². The number of rotatable bonds is 2. The number of hydrogen-bond donors (Lipinski definition) is 3. The van der Waals surface area contributed by atoms with Crippen molar-refractivity contribution in [3.63, 3.8) is 0 Å². The highest BCUT2D eigenvalue weighted by Gasteiger charge is 2.11. The first-order valence-corrected chi connectivity index (χ1v) is 6.07. The normalized spacial score (nSPS) is 10.7. The number of nitrogens with one attached hydrogen (secondary N) is 2. The fraction of sp³-hybridized carbons (Fsp3) is 0. The average molecular weight is 269 g/mol. The van der Waals surface area contributed by atoms with Crippen molar-refractivity contribution in [2.45, 2.75) is 0 Å². The van der Waals surface area contributed by atoms with Crippen LogP contribution in [0.15, 0.2) is 48.5 Å². The lowest BCUT2D eigenvalue weighted by Gasteiger charge is -2.06. The van der Waals surface area contributed by atoms with Crippen molar-refractivity contribution in [2.24, 2.45) is 0 Å². The number of carbonyl (C=O) groups is 1. The smallest absolute Gasteiger partial charge is 0.272 e. The summed E-state index contributed by atoms with van der Waals surface area (Å²) in [7, 11) is 0. The van der Waals surface area contributed by atoms with Crippen LogP contribution in [0, 0.1) is 5.82 Å². The summed E-state index contributed by atoms with van der Waals surface area (Å²) >= 11 is 0. The van der Waals surface area contributed by atoms with E-state index in [2.05, 4.69) is 10.3 Å². The van der Waals surface area contributed by atoms with Crippen molar-refractivity contribution in [3.8, 4) is 0 Å². The Balaban J connectivity index is 1.90. The molecule has 3 rings (SSSR count). The molecule has 4 N–H and O–H groups in total. The molecule has 0 spiro atoms. The Morgan fingerprint density at radius 2 is 1.95 bits per heavy atom. The molecule has 0 aliphatic rings. The van der Waals surface area contributed by atoms with Crippen LogP contribution < -0.4 is 11.1 Å². The monoisotopic (exact) mass is 269 g/mol. The van der Waals surface area contributed by atoms with E-state index in [1.807, 2.05) is 24.3 Å². The summed E-state index contributed by atoms with van der Waals surface area (Å²) in [5.74, 6) is -0.815. The highest BCUT2D eigenvalue weighted by molar-refractivity contribution is 6.07. The summed E-state index contributed by atoms with van der Waals surface area (Å²) in [6, 6.07) is 13.1. The van der Waals surface area contributed by atoms with Gasteiger partial charge < -0.3 is 16.0 Å². The molecule has 1 aromatic heterocycles. The number of halogens is 1. The molecular weight excluding hydrogens is 257 g/mol. The van der Waals surface area contributed by atoms with Gasteiger partial charge in [-0.15, -0.1) is 0 Å². The third-order valence-corrected chi connectivity index (χ3v) is 3.04. The van der Waals surface area contributed by atoms with Crippen molar-refractivity contribution in [2.75, 3.05) is 11.1 Å². The van der Waals surface area contributed by atoms with Gasteiger partial charge in [0.1, 0.15) is 11.5 Å². The molecule has 1 heterocycles. The molecular formula is C15H12FN3O. The molecule has 0 unspecified atom stereocenters. The van der Waals surface area contributed by atoms with Crippen molar-refractivity contribution in [3.05, 3.63) is 60.0 Å². The lowest BCUT2D eigenvalue weighted by Crippen LogP contribution is -2.13. The summed E-state index contributed by atoms with van der Waals surface area (Å²) in [5, 5.41) is 3.53. The van der Waals surface area contributed by atoms with E-state index >= 15 is 0 Å². The van der Waals surface area contributed by atoms with Gasteiger partial charge >= 0.3 is 0 Å². The van der Waals surface area contributed by atoms with E-state index in [1.54, 1.807) is 6.07 Å². The zero-order chi connectivity index (χ0) is 14.1. The summed E-state index contributed by atoms with van der Waals surface area (Å²) in [4.78, 5) is 15.1. The van der Waals surface area contributed by atoms with Crippen molar-refractivity contribution in [1.82, 2.24) is 4.98 Å². The minimum absolute atomic E-state index is 0.258. The number of benzene rings is 2. The van der Waals surface area contributed by atoms with Gasteiger partial charge in [0, 0.05) is 10.9 Å². The summed E-state index contributed by atoms with van der Waals surface area (Å²) in [5.41, 5.74) is 7.54. The number of para-hydroxylation sites is 1. The van der Waals surface area contributed by atoms with Gasteiger partial charge in [0.05, 0.1) is 11.4 Å². The Morgan fingerprint density at radius 1 is 1.15 bits per heavy atom. The predicted octanol–water partition coefficient (Wildman–Crippen LogP) is 3.14. The largest absolute Gasteiger partial charge is 0.397 e. The van der Waals surface area contributed by atoms with Gasteiger partial charge in [-0.3, -0.25) is 4.79 Å². The van der Waals surface area contributed by atoms with Crippen molar-refractivity contribution in [1.29, 1.82) is 0 Å². The fourth-order valence-electron chi connectivity index (χ4n) is 2.02. The van der Waals surface area contributed by atoms with E-state index in [0.29, 0.717) is 11.4 Å². The van der Waals surface area contributed by atoms with Gasteiger partial charge in [-0.05, 0) is 30.3 Å². The molecule has 0 atom stereocenters. The average Bonchev–Trinajstić information content (AvgIpc) is 2.87. The maximum absolute atomic E-state index is 13.2. The number of carbonyl (C=O) groups excluding carboxylic acids is 1. The molecule has 4 nitrogen and oxygen atoms in total. The predicted molar refractivity (Wildman–Crippen MR) is 77.1 cm³/mol. The molecule has 0 saturated carbocycles. The number of aromatic nitrogens is 1. The van der Waals surface area contributed by atoms with E-state index in [9.17, 15) is 9.18 Å². The number of H-pyrrole nitrogens is 1. The number of hydrogen-bond acceptors (Lipinski definition) is 2. The molecule has 3 aromatic rings. The first-order valence-electron chi connectivity index (χ1n) is 6.07. The van der Waals surface area contributed by atoms with Crippen LogP contribution in [0.2, 0.25) is 0 Å². The standard InChI is InChI=1S/C15H12FN3O/c16-10-5-6-11(17)13(8-10)19-15(20)14-7-9-3-1-2-4-12(9)18-14/h1-8,18H,17H2,(H,19,20). The molecule has 5 heteroatoms. The number of amides is 1. The number of anilines is 2. The molecule has 0 fully saturated rings. The fourth-order valence-corrected chi connectivity index (χ4v) is 2.02. The summed E-state index contributed by atoms with van der Waals surface area (Å²) in [6.45, 7) is 0. The summed E-state index contributed by atoms with van der Waals surface area (Å²) in [6.07, 6.45) is 0. The number of aromatic amines is 1. The first-order chi connectivity index (χ1) is 9.63. The first kappa shape index (κ1) is 12.2. The Kier molecular flexibility index (Phi) is 2.87. The third kappa shape index (κ3) is 2.21. The number of nitrogens with two attached hydrogens (primary N) is 1. The molecule has 0 saturated heterocycles. The molecule has 2 aromatic carbocycles. The highest BCUT2D eigenvalue weighted by Crippen LogP contribution is 2.21.